The van der Waals surface area contributed by atoms with Crippen molar-refractivity contribution in [2.75, 3.05) is 44.5 Å². The highest BCUT2D eigenvalue weighted by Crippen LogP contribution is 2.59. The maximum atomic E-state index is 12.0. The number of imidazole rings is 5. The molecule has 0 aliphatic carbocycles. The van der Waals surface area contributed by atoms with Gasteiger partial charge >= 0.3 is 17.9 Å². The molecule has 0 amide bonds. The number of fused-ring (bicyclic) bond motifs is 5. The highest BCUT2D eigenvalue weighted by Gasteiger charge is 2.68. The monoisotopic (exact) mass is 1850 g/mol. The molecule has 10 aromatic heterocycles. The number of nitrogens with zero attached hydrogens (tertiary/aromatic N) is 26. The Kier molecular flexibility index (Phi) is 31.7. The first-order valence-electron chi connectivity index (χ1n) is 40.6. The maximum Gasteiger partial charge on any atom is 0.329 e. The van der Waals surface area contributed by atoms with Gasteiger partial charge < -0.3 is 58.7 Å². The van der Waals surface area contributed by atoms with Gasteiger partial charge in [0.15, 0.2) is 45.2 Å². The molecule has 0 radical (unpaired) electrons. The van der Waals surface area contributed by atoms with E-state index in [0.717, 1.165) is 34.2 Å². The van der Waals surface area contributed by atoms with E-state index in [2.05, 4.69) is 118 Å². The van der Waals surface area contributed by atoms with Gasteiger partial charge in [-0.25, -0.2) is 72.4 Å². The summed E-state index contributed by atoms with van der Waals surface area (Å²) < 4.78 is 47.6. The number of carbonyl (C=O) groups is 3. The second-order valence-corrected chi connectivity index (χ2v) is 35.9. The number of esters is 3. The quantitative estimate of drug-likeness (QED) is 0.0343. The molecule has 0 spiro atoms. The molecule has 680 valence electrons. The van der Waals surface area contributed by atoms with E-state index < -0.39 is 93.1 Å². The minimum atomic E-state index is -1.77. The number of hydrogen-bond donors (Lipinski definition) is 5. The van der Waals surface area contributed by atoms with Crippen molar-refractivity contribution in [3.05, 3.63) is 91.6 Å². The predicted molar refractivity (Wildman–Crippen MR) is 461 cm³/mol. The summed E-state index contributed by atoms with van der Waals surface area (Å²) in [6, 6.07) is 12.9. The summed E-state index contributed by atoms with van der Waals surface area (Å²) in [6.45, 7) is 26.3. The topological polar surface area (TPSA) is 575 Å². The van der Waals surface area contributed by atoms with Gasteiger partial charge in [0, 0.05) is 43.0 Å². The van der Waals surface area contributed by atoms with Gasteiger partial charge in [-0.3, -0.25) is 14.4 Å². The number of nitriles is 6. The smallest absolute Gasteiger partial charge is 0.329 e. The molecule has 22 atom stereocenters. The van der Waals surface area contributed by atoms with Crippen molar-refractivity contribution in [1.82, 2.24) is 97.9 Å². The minimum absolute atomic E-state index is 0.000000000000000444. The largest absolute Gasteiger partial charge is 0.461 e. The lowest BCUT2D eigenvalue weighted by Crippen LogP contribution is -2.46. The highest BCUT2D eigenvalue weighted by atomic mass is 32.2. The number of aliphatic hydroxyl groups excluding tert-OH is 4. The van der Waals surface area contributed by atoms with E-state index in [9.17, 15) is 55.9 Å². The molecule has 6 saturated heterocycles. The molecule has 0 bridgehead atoms. The van der Waals surface area contributed by atoms with Crippen molar-refractivity contribution < 1.29 is 73.1 Å². The van der Waals surface area contributed by atoms with E-state index in [1.807, 2.05) is 85.8 Å². The van der Waals surface area contributed by atoms with Gasteiger partial charge in [0.1, 0.15) is 121 Å². The summed E-state index contributed by atoms with van der Waals surface area (Å²) in [5.41, 5.74) is -1.18. The number of thioether (sulfide) groups is 5. The van der Waals surface area contributed by atoms with Gasteiger partial charge in [0.2, 0.25) is 5.79 Å². The third kappa shape index (κ3) is 17.5. The zero-order valence-electron chi connectivity index (χ0n) is 74.2. The molecule has 16 heterocycles. The summed E-state index contributed by atoms with van der Waals surface area (Å²) in [7, 11) is 0. The molecule has 2 unspecified atom stereocenters. The average Bonchev–Trinajstić information content (AvgIpc) is 1.58. The van der Waals surface area contributed by atoms with Crippen molar-refractivity contribution in [1.29, 1.82) is 31.6 Å². The Hall–Kier alpha value is -10.5. The van der Waals surface area contributed by atoms with Gasteiger partial charge in [0.05, 0.1) is 110 Å². The van der Waals surface area contributed by atoms with Crippen LogP contribution in [0.3, 0.4) is 0 Å². The maximum absolute atomic E-state index is 12.0. The van der Waals surface area contributed by atoms with Crippen LogP contribution in [0, 0.1) is 124 Å². The first-order valence-corrected chi connectivity index (χ1v) is 46.7. The Balaban J connectivity index is 0.000000159. The van der Waals surface area contributed by atoms with Crippen molar-refractivity contribution in [3.63, 3.8) is 0 Å². The lowest BCUT2D eigenvalue weighted by molar-refractivity contribution is -0.257. The molecule has 6 aliphatic rings. The molecule has 16 rings (SSSR count). The molecule has 46 heteroatoms. The second-order valence-electron chi connectivity index (χ2n) is 31.9. The van der Waals surface area contributed by atoms with Crippen LogP contribution in [-0.2, 0) is 59.1 Å². The van der Waals surface area contributed by atoms with Crippen molar-refractivity contribution in [3.8, 4) is 36.4 Å². The Labute approximate surface area is 758 Å². The van der Waals surface area contributed by atoms with E-state index in [4.69, 9.17) is 44.1 Å². The van der Waals surface area contributed by atoms with Crippen LogP contribution in [0.2, 0.25) is 0 Å². The van der Waals surface area contributed by atoms with Crippen LogP contribution in [0.25, 0.3) is 28.2 Å². The summed E-state index contributed by atoms with van der Waals surface area (Å²) in [4.78, 5) is 76.6. The second kappa shape index (κ2) is 40.7. The Morgan fingerprint density at radius 2 is 0.852 bits per heavy atom. The number of hydrogen-bond acceptors (Lipinski definition) is 41. The van der Waals surface area contributed by atoms with Gasteiger partial charge in [-0.1, -0.05) is 55.4 Å². The lowest BCUT2D eigenvalue weighted by Gasteiger charge is -2.37. The summed E-state index contributed by atoms with van der Waals surface area (Å²) in [5, 5.41) is 130. The number of carbonyl (C=O) groups excluding carboxylic acids is 3. The standard InChI is InChI=1S/C17H21N5O3S.C15H19N5O2S.C15H19N5OS.C13H15N5O3S.C9H13NO2.C7H9NO4.C6H6N4S/c1-6-12-10(2)16(4,8-18)17(25-12,24-11(3)23)13-7-19-14-15(26-5)20-9-21-22(13)14;1-5-10-9(2)14(3,7-16)15(21,22-10)11-6-17-12-13(23-4)18-8-19-20(11)12;1-5-11-9(2)15(3,7-16)12(21-11)10-6-17-13-14(22-4)18-8-19-20(10)13;1-13(5-14)9(20)8(4-19)21-10(13)7-3-15-11-12(22-2)16-6-17-18(7)11;1-4-7-6(2)9(3,5-10)8(11)12-7;1-7(3-8)5(10)4(2-9)12-6(7)11;1-11-6-5-7-2-3-10(5)9-4-8-6/h7,9-10,12H,6H2,1-5H3;6,8-10,21H,5H2,1-4H3;6,8-9,11-12H,5H2,1-4H3;3,6,8-10,19-20H,4H2,1-2H3;6-7H,4H2,1-3H3;4-5,9-10H,2H2,1H3;2-4H,1H3/t10-,12-,16-,17?;9-,10-,14-,15?;9-,11-,12+,15-;8-,9-,10+,13-;6-,7-,9-;4-,5-,7-;/m111111./s1. The molecular formula is C82H102N26O15S5. The summed E-state index contributed by atoms with van der Waals surface area (Å²) >= 11 is 7.40. The van der Waals surface area contributed by atoms with E-state index in [1.165, 1.54) is 103 Å². The number of aliphatic hydroxyl groups is 5. The summed E-state index contributed by atoms with van der Waals surface area (Å²) in [6.07, 6.45) is 24.1. The average molecular weight is 1850 g/mol. The number of aromatic nitrogens is 20. The SMILES string of the molecule is CC[C@H]1OC(=O)[C@](C)(C#N)[C@@H]1C.CC[C@H]1OC(O)(c2cnc3c(SC)ncnn23)[C@](C)(C#N)[C@@H]1C.CC[C@H]1OC(OC(C)=O)(c2cnc3c(SC)ncnn23)[C@](C)(C#N)[C@@H]1C.CC[C@H]1O[C@@H](c2cnc3c(SC)ncnn23)[C@](C)(C#N)[C@@H]1C.CSc1ncnn2c([C@@H]3O[C@H](CO)[C@@H](O)[C@@]3(C)C#N)cnc12.CSc1ncnn2ccnc12.C[C@]1(C#N)C(=O)O[C@H](CO)[C@H]1O. The third-order valence-electron chi connectivity index (χ3n) is 25.1. The summed E-state index contributed by atoms with van der Waals surface area (Å²) in [5.74, 6) is -5.20. The van der Waals surface area contributed by atoms with Crippen molar-refractivity contribution in [2.45, 2.75) is 227 Å². The molecule has 6 aliphatic heterocycles. The lowest BCUT2D eigenvalue weighted by atomic mass is 9.71. The van der Waals surface area contributed by atoms with Crippen molar-refractivity contribution >= 4 is 105 Å². The van der Waals surface area contributed by atoms with E-state index >= 15 is 0 Å². The molecule has 0 saturated carbocycles. The molecule has 6 fully saturated rings. The molecule has 128 heavy (non-hydrogen) atoms. The zero-order valence-corrected chi connectivity index (χ0v) is 78.2. The molecule has 41 nitrogen and oxygen atoms in total. The molecule has 10 aromatic rings. The Bertz CT molecular complexity index is 5770. The molecular weight excluding hydrogens is 1750 g/mol. The minimum Gasteiger partial charge on any atom is -0.461 e. The van der Waals surface area contributed by atoms with E-state index in [1.54, 1.807) is 94.6 Å². The van der Waals surface area contributed by atoms with Gasteiger partial charge in [-0.15, -0.1) is 58.8 Å². The Morgan fingerprint density at radius 3 is 1.27 bits per heavy atom. The first-order chi connectivity index (χ1) is 60.9. The number of rotatable bonds is 16. The fourth-order valence-corrected chi connectivity index (χ4v) is 18.6. The first kappa shape index (κ1) is 99.6. The Morgan fingerprint density at radius 1 is 0.453 bits per heavy atom. The predicted octanol–water partition coefficient (Wildman–Crippen LogP) is 8.66. The molecule has 0 aromatic carbocycles. The fraction of sp³-hybridized carbons (Fsp3) is 0.585. The highest BCUT2D eigenvalue weighted by molar-refractivity contribution is 7.99. The van der Waals surface area contributed by atoms with Gasteiger partial charge in [-0.05, 0) is 98.5 Å². The van der Waals surface area contributed by atoms with Crippen LogP contribution in [0.4, 0.5) is 0 Å². The van der Waals surface area contributed by atoms with Crippen LogP contribution >= 0.6 is 58.8 Å². The number of ether oxygens (including phenoxy) is 7. The van der Waals surface area contributed by atoms with Gasteiger partial charge in [-0.2, -0.15) is 57.1 Å². The fourth-order valence-electron chi connectivity index (χ4n) is 16.2. The van der Waals surface area contributed by atoms with Gasteiger partial charge in [0.25, 0.3) is 5.79 Å². The third-order valence-corrected chi connectivity index (χ3v) is 28.5. The van der Waals surface area contributed by atoms with Crippen molar-refractivity contribution in [2.24, 2.45) is 56.2 Å². The van der Waals surface area contributed by atoms with Crippen LogP contribution in [0.1, 0.15) is 165 Å². The van der Waals surface area contributed by atoms with E-state index in [0.29, 0.717) is 67.6 Å². The van der Waals surface area contributed by atoms with Crippen LogP contribution in [0.5, 0.6) is 0 Å². The molecule has 5 N–H and O–H groups in total. The normalized spacial score (nSPS) is 31.8. The van der Waals surface area contributed by atoms with Crippen LogP contribution in [0.15, 0.2) is 93.9 Å². The zero-order chi connectivity index (χ0) is 94.1. The van der Waals surface area contributed by atoms with Crippen LogP contribution in [-0.4, -0.2) is 235 Å². The number of cyclic esters (lactones) is 2. The van der Waals surface area contributed by atoms with Crippen LogP contribution < -0.4 is 0 Å². The van der Waals surface area contributed by atoms with E-state index in [-0.39, 0.29) is 66.8 Å².